The quantitative estimate of drug-likeness (QED) is 0.799. The number of nitrogens with one attached hydrogen (secondary N) is 1. The Morgan fingerprint density at radius 1 is 1.39 bits per heavy atom. The Balaban J connectivity index is 1.68. The first-order valence-corrected chi connectivity index (χ1v) is 7.33. The number of methoxy groups -OCH3 is 1. The summed E-state index contributed by atoms with van der Waals surface area (Å²) in [6.45, 7) is 8.49. The van der Waals surface area contributed by atoms with Crippen LogP contribution in [0.1, 0.15) is 26.2 Å². The lowest BCUT2D eigenvalue weighted by molar-refractivity contribution is 0.0490. The number of hydrogen-bond donors (Lipinski definition) is 1. The lowest BCUT2D eigenvalue weighted by atomic mass is 9.95. The molecule has 2 fully saturated rings. The van der Waals surface area contributed by atoms with E-state index in [1.807, 2.05) is 7.11 Å². The van der Waals surface area contributed by atoms with E-state index in [0.717, 1.165) is 32.3 Å². The standard InChI is InChI=1S/C14H28N2O2/c1-12(9-14-11-18-8-5-15-14)16-6-3-13(4-7-16)10-17-2/h12-15H,3-11H2,1-2H3. The van der Waals surface area contributed by atoms with Crippen LogP contribution in [0.25, 0.3) is 0 Å². The SMILES string of the molecule is COCC1CCN(C(C)CC2COCCN2)CC1. The van der Waals surface area contributed by atoms with Gasteiger partial charge in [0, 0.05) is 32.3 Å². The lowest BCUT2D eigenvalue weighted by Crippen LogP contribution is -2.47. The van der Waals surface area contributed by atoms with Crippen molar-refractivity contribution in [3.05, 3.63) is 0 Å². The van der Waals surface area contributed by atoms with Gasteiger partial charge in [-0.25, -0.2) is 0 Å². The van der Waals surface area contributed by atoms with E-state index < -0.39 is 0 Å². The monoisotopic (exact) mass is 256 g/mol. The van der Waals surface area contributed by atoms with Gasteiger partial charge in [-0.15, -0.1) is 0 Å². The summed E-state index contributed by atoms with van der Waals surface area (Å²) in [7, 11) is 1.81. The Morgan fingerprint density at radius 3 is 2.78 bits per heavy atom. The van der Waals surface area contributed by atoms with Crippen molar-refractivity contribution < 1.29 is 9.47 Å². The maximum Gasteiger partial charge on any atom is 0.0620 e. The predicted octanol–water partition coefficient (Wildman–Crippen LogP) is 1.11. The van der Waals surface area contributed by atoms with Crippen LogP contribution in [0.3, 0.4) is 0 Å². The average Bonchev–Trinajstić information content (AvgIpc) is 2.41. The fraction of sp³-hybridized carbons (Fsp3) is 1.00. The molecule has 2 rings (SSSR count). The molecule has 2 aliphatic heterocycles. The van der Waals surface area contributed by atoms with Crippen molar-refractivity contribution in [3.63, 3.8) is 0 Å². The molecule has 18 heavy (non-hydrogen) atoms. The second kappa shape index (κ2) is 7.43. The van der Waals surface area contributed by atoms with Crippen molar-refractivity contribution in [1.29, 1.82) is 0 Å². The molecular weight excluding hydrogens is 228 g/mol. The Labute approximate surface area is 111 Å². The molecule has 0 aromatic heterocycles. The lowest BCUT2D eigenvalue weighted by Gasteiger charge is -2.37. The maximum atomic E-state index is 5.52. The first kappa shape index (κ1) is 14.3. The van der Waals surface area contributed by atoms with Crippen LogP contribution in [0.2, 0.25) is 0 Å². The van der Waals surface area contributed by atoms with Crippen molar-refractivity contribution in [2.24, 2.45) is 5.92 Å². The molecule has 0 amide bonds. The number of rotatable bonds is 5. The third-order valence-corrected chi connectivity index (χ3v) is 4.30. The van der Waals surface area contributed by atoms with Crippen molar-refractivity contribution in [2.45, 2.75) is 38.3 Å². The molecule has 0 saturated carbocycles. The molecule has 0 aromatic carbocycles. The highest BCUT2D eigenvalue weighted by Gasteiger charge is 2.25. The van der Waals surface area contributed by atoms with E-state index in [4.69, 9.17) is 9.47 Å². The van der Waals surface area contributed by atoms with E-state index in [0.29, 0.717) is 12.1 Å². The minimum atomic E-state index is 0.547. The van der Waals surface area contributed by atoms with Gasteiger partial charge in [0.2, 0.25) is 0 Å². The van der Waals surface area contributed by atoms with Crippen molar-refractivity contribution in [1.82, 2.24) is 10.2 Å². The highest BCUT2D eigenvalue weighted by atomic mass is 16.5. The molecule has 2 atom stereocenters. The zero-order valence-electron chi connectivity index (χ0n) is 11.9. The first-order valence-electron chi connectivity index (χ1n) is 7.33. The second-order valence-corrected chi connectivity index (χ2v) is 5.75. The van der Waals surface area contributed by atoms with Crippen LogP contribution in [0.15, 0.2) is 0 Å². The zero-order chi connectivity index (χ0) is 12.8. The Morgan fingerprint density at radius 2 is 2.17 bits per heavy atom. The molecule has 0 bridgehead atoms. The van der Waals surface area contributed by atoms with Crippen LogP contribution in [0.4, 0.5) is 0 Å². The van der Waals surface area contributed by atoms with Crippen molar-refractivity contribution in [3.8, 4) is 0 Å². The maximum absolute atomic E-state index is 5.52. The van der Waals surface area contributed by atoms with Gasteiger partial charge in [0.25, 0.3) is 0 Å². The minimum Gasteiger partial charge on any atom is -0.384 e. The predicted molar refractivity (Wildman–Crippen MR) is 72.9 cm³/mol. The Kier molecular flexibility index (Phi) is 5.89. The van der Waals surface area contributed by atoms with Crippen LogP contribution in [-0.2, 0) is 9.47 Å². The number of likely N-dealkylation sites (tertiary alicyclic amines) is 1. The van der Waals surface area contributed by atoms with Gasteiger partial charge in [-0.2, -0.15) is 0 Å². The summed E-state index contributed by atoms with van der Waals surface area (Å²) < 4.78 is 10.8. The van der Waals surface area contributed by atoms with Crippen LogP contribution in [-0.4, -0.2) is 63.5 Å². The molecule has 0 aliphatic carbocycles. The molecule has 1 N–H and O–H groups in total. The van der Waals surface area contributed by atoms with E-state index in [2.05, 4.69) is 17.1 Å². The Bertz CT molecular complexity index is 224. The molecule has 2 saturated heterocycles. The largest absolute Gasteiger partial charge is 0.384 e. The zero-order valence-corrected chi connectivity index (χ0v) is 11.9. The van der Waals surface area contributed by atoms with Crippen LogP contribution >= 0.6 is 0 Å². The Hall–Kier alpha value is -0.160. The normalized spacial score (nSPS) is 29.3. The number of morpholine rings is 1. The number of piperidine rings is 1. The van der Waals surface area contributed by atoms with E-state index in [9.17, 15) is 0 Å². The molecule has 2 aliphatic rings. The molecule has 0 radical (unpaired) electrons. The number of hydrogen-bond acceptors (Lipinski definition) is 4. The summed E-state index contributed by atoms with van der Waals surface area (Å²) in [6, 6.07) is 1.21. The van der Waals surface area contributed by atoms with E-state index in [1.165, 1.54) is 32.4 Å². The van der Waals surface area contributed by atoms with Gasteiger partial charge in [0.05, 0.1) is 13.2 Å². The van der Waals surface area contributed by atoms with Gasteiger partial charge in [-0.05, 0) is 45.2 Å². The van der Waals surface area contributed by atoms with E-state index in [1.54, 1.807) is 0 Å². The first-order chi connectivity index (χ1) is 8.79. The third kappa shape index (κ3) is 4.19. The summed E-state index contributed by atoms with van der Waals surface area (Å²) in [5.74, 6) is 0.773. The van der Waals surface area contributed by atoms with Crippen LogP contribution < -0.4 is 5.32 Å². The van der Waals surface area contributed by atoms with Gasteiger partial charge >= 0.3 is 0 Å². The molecular formula is C14H28N2O2. The molecule has 0 aromatic rings. The van der Waals surface area contributed by atoms with Gasteiger partial charge in [0.1, 0.15) is 0 Å². The smallest absolute Gasteiger partial charge is 0.0620 e. The molecule has 4 nitrogen and oxygen atoms in total. The van der Waals surface area contributed by atoms with Crippen molar-refractivity contribution >= 4 is 0 Å². The molecule has 0 spiro atoms. The third-order valence-electron chi connectivity index (χ3n) is 4.30. The number of nitrogens with zero attached hydrogens (tertiary/aromatic N) is 1. The molecule has 2 heterocycles. The van der Waals surface area contributed by atoms with E-state index in [-0.39, 0.29) is 0 Å². The number of ether oxygens (including phenoxy) is 2. The minimum absolute atomic E-state index is 0.547. The highest BCUT2D eigenvalue weighted by molar-refractivity contribution is 4.81. The van der Waals surface area contributed by atoms with Crippen LogP contribution in [0, 0.1) is 5.92 Å². The van der Waals surface area contributed by atoms with Gasteiger partial charge in [-0.3, -0.25) is 0 Å². The molecule has 2 unspecified atom stereocenters. The van der Waals surface area contributed by atoms with Gasteiger partial charge in [-0.1, -0.05) is 0 Å². The molecule has 4 heteroatoms. The van der Waals surface area contributed by atoms with Crippen LogP contribution in [0.5, 0.6) is 0 Å². The summed E-state index contributed by atoms with van der Waals surface area (Å²) in [5.41, 5.74) is 0. The van der Waals surface area contributed by atoms with E-state index >= 15 is 0 Å². The summed E-state index contributed by atoms with van der Waals surface area (Å²) in [6.07, 6.45) is 3.77. The van der Waals surface area contributed by atoms with Gasteiger partial charge < -0.3 is 19.7 Å². The average molecular weight is 256 g/mol. The summed E-state index contributed by atoms with van der Waals surface area (Å²) in [5, 5.41) is 3.55. The fourth-order valence-corrected chi connectivity index (χ4v) is 3.13. The highest BCUT2D eigenvalue weighted by Crippen LogP contribution is 2.21. The second-order valence-electron chi connectivity index (χ2n) is 5.75. The topological polar surface area (TPSA) is 33.7 Å². The summed E-state index contributed by atoms with van der Waals surface area (Å²) in [4.78, 5) is 2.63. The van der Waals surface area contributed by atoms with Crippen molar-refractivity contribution in [2.75, 3.05) is 46.6 Å². The molecule has 106 valence electrons. The van der Waals surface area contributed by atoms with Gasteiger partial charge in [0.15, 0.2) is 0 Å². The summed E-state index contributed by atoms with van der Waals surface area (Å²) >= 11 is 0. The fourth-order valence-electron chi connectivity index (χ4n) is 3.13.